The van der Waals surface area contributed by atoms with Gasteiger partial charge < -0.3 is 10.2 Å². The number of carbonyl (C=O) groups excluding carboxylic acids is 2. The van der Waals surface area contributed by atoms with Crippen LogP contribution in [-0.2, 0) is 29.0 Å². The number of aromatic nitrogens is 1. The van der Waals surface area contributed by atoms with E-state index in [-0.39, 0.29) is 11.8 Å². The zero-order chi connectivity index (χ0) is 20.4. The Morgan fingerprint density at radius 1 is 1.17 bits per heavy atom. The number of nitrogens with one attached hydrogen (secondary N) is 1. The lowest BCUT2D eigenvalue weighted by Crippen LogP contribution is -2.36. The molecule has 2 heterocycles. The summed E-state index contributed by atoms with van der Waals surface area (Å²) in [5, 5.41) is 5.81. The largest absolute Gasteiger partial charge is 0.337 e. The maximum atomic E-state index is 12.6. The van der Waals surface area contributed by atoms with Crippen LogP contribution in [0.1, 0.15) is 36.4 Å². The topological polar surface area (TPSA) is 62.3 Å². The summed E-state index contributed by atoms with van der Waals surface area (Å²) in [5.41, 5.74) is 2.01. The monoisotopic (exact) mass is 407 g/mol. The standard InChI is InChI=1S/C23H25N3O2S/c1-15(2)12-22(28)26-11-10-19-20(14-26)29-23(24-19)25-21(27)13-17-8-5-7-16-6-3-4-9-18(16)17/h3-9,15H,10-14H2,1-2H3,(H,24,25,27). The molecule has 1 aromatic heterocycles. The third-order valence-electron chi connectivity index (χ3n) is 5.14. The first-order valence-electron chi connectivity index (χ1n) is 10.0. The molecule has 5 nitrogen and oxygen atoms in total. The number of amides is 2. The van der Waals surface area contributed by atoms with E-state index in [9.17, 15) is 9.59 Å². The molecule has 6 heteroatoms. The number of rotatable bonds is 5. The van der Waals surface area contributed by atoms with Crippen molar-refractivity contribution in [3.8, 4) is 0 Å². The van der Waals surface area contributed by atoms with Crippen LogP contribution >= 0.6 is 11.3 Å². The van der Waals surface area contributed by atoms with Gasteiger partial charge >= 0.3 is 0 Å². The maximum Gasteiger partial charge on any atom is 0.230 e. The number of anilines is 1. The van der Waals surface area contributed by atoms with E-state index in [1.807, 2.05) is 35.2 Å². The van der Waals surface area contributed by atoms with Gasteiger partial charge in [-0.15, -0.1) is 0 Å². The lowest BCUT2D eigenvalue weighted by Gasteiger charge is -2.26. The van der Waals surface area contributed by atoms with Gasteiger partial charge in [0.15, 0.2) is 5.13 Å². The second-order valence-electron chi connectivity index (χ2n) is 7.92. The summed E-state index contributed by atoms with van der Waals surface area (Å²) in [6.45, 7) is 5.41. The van der Waals surface area contributed by atoms with Gasteiger partial charge in [-0.25, -0.2) is 4.98 Å². The smallest absolute Gasteiger partial charge is 0.230 e. The van der Waals surface area contributed by atoms with Crippen LogP contribution in [0.2, 0.25) is 0 Å². The molecular weight excluding hydrogens is 382 g/mol. The molecular formula is C23H25N3O2S. The molecule has 0 fully saturated rings. The average molecular weight is 408 g/mol. The highest BCUT2D eigenvalue weighted by molar-refractivity contribution is 7.15. The zero-order valence-corrected chi connectivity index (χ0v) is 17.6. The fraction of sp³-hybridized carbons (Fsp3) is 0.348. The number of nitrogens with zero attached hydrogens (tertiary/aromatic N) is 2. The van der Waals surface area contributed by atoms with Gasteiger partial charge in [0.05, 0.1) is 18.7 Å². The number of fused-ring (bicyclic) bond motifs is 2. The Labute approximate surface area is 174 Å². The zero-order valence-electron chi connectivity index (χ0n) is 16.8. The SMILES string of the molecule is CC(C)CC(=O)N1CCc2nc(NC(=O)Cc3cccc4ccccc34)sc2C1. The molecule has 0 spiro atoms. The van der Waals surface area contributed by atoms with E-state index in [1.165, 1.54) is 11.3 Å². The Balaban J connectivity index is 1.43. The van der Waals surface area contributed by atoms with Crippen LogP contribution in [0, 0.1) is 5.92 Å². The summed E-state index contributed by atoms with van der Waals surface area (Å²) in [6.07, 6.45) is 1.63. The highest BCUT2D eigenvalue weighted by Crippen LogP contribution is 2.29. The first-order valence-corrected chi connectivity index (χ1v) is 10.8. The van der Waals surface area contributed by atoms with Crippen molar-refractivity contribution in [1.82, 2.24) is 9.88 Å². The molecule has 0 unspecified atom stereocenters. The van der Waals surface area contributed by atoms with Gasteiger partial charge in [-0.05, 0) is 22.3 Å². The van der Waals surface area contributed by atoms with Crippen molar-refractivity contribution < 1.29 is 9.59 Å². The minimum absolute atomic E-state index is 0.0693. The summed E-state index contributed by atoms with van der Waals surface area (Å²) in [7, 11) is 0. The summed E-state index contributed by atoms with van der Waals surface area (Å²) in [5.74, 6) is 0.482. The number of carbonyl (C=O) groups is 2. The highest BCUT2D eigenvalue weighted by Gasteiger charge is 2.24. The van der Waals surface area contributed by atoms with Gasteiger partial charge in [0.2, 0.25) is 11.8 Å². The van der Waals surface area contributed by atoms with Crippen LogP contribution < -0.4 is 5.32 Å². The third kappa shape index (κ3) is 4.48. The van der Waals surface area contributed by atoms with Gasteiger partial charge in [-0.3, -0.25) is 9.59 Å². The van der Waals surface area contributed by atoms with Gasteiger partial charge in [-0.1, -0.05) is 67.6 Å². The fourth-order valence-corrected chi connectivity index (χ4v) is 4.76. The van der Waals surface area contributed by atoms with E-state index in [0.29, 0.717) is 37.0 Å². The molecule has 1 N–H and O–H groups in total. The molecule has 4 rings (SSSR count). The molecule has 0 atom stereocenters. The predicted molar refractivity (Wildman–Crippen MR) is 117 cm³/mol. The third-order valence-corrected chi connectivity index (χ3v) is 6.14. The first-order chi connectivity index (χ1) is 14.0. The van der Waals surface area contributed by atoms with Crippen molar-refractivity contribution in [1.29, 1.82) is 0 Å². The Morgan fingerprint density at radius 2 is 1.97 bits per heavy atom. The molecule has 2 amide bonds. The molecule has 150 valence electrons. The second-order valence-corrected chi connectivity index (χ2v) is 9.00. The molecule has 2 aromatic carbocycles. The summed E-state index contributed by atoms with van der Waals surface area (Å²) < 4.78 is 0. The normalized spacial score (nSPS) is 13.6. The minimum atomic E-state index is -0.0693. The number of thiazole rings is 1. The van der Waals surface area contributed by atoms with Crippen molar-refractivity contribution in [3.63, 3.8) is 0 Å². The van der Waals surface area contributed by atoms with E-state index < -0.39 is 0 Å². The quantitative estimate of drug-likeness (QED) is 0.681. The lowest BCUT2D eigenvalue weighted by molar-refractivity contribution is -0.132. The van der Waals surface area contributed by atoms with Gasteiger partial charge in [0.25, 0.3) is 0 Å². The molecule has 0 aliphatic carbocycles. The summed E-state index contributed by atoms with van der Waals surface area (Å²) in [6, 6.07) is 14.1. The Bertz CT molecular complexity index is 1050. The van der Waals surface area contributed by atoms with Crippen molar-refractivity contribution in [2.45, 2.75) is 39.7 Å². The first kappa shape index (κ1) is 19.6. The van der Waals surface area contributed by atoms with Crippen LogP contribution in [0.3, 0.4) is 0 Å². The molecule has 0 radical (unpaired) electrons. The lowest BCUT2D eigenvalue weighted by atomic mass is 10.0. The van der Waals surface area contributed by atoms with Crippen LogP contribution in [0.4, 0.5) is 5.13 Å². The highest BCUT2D eigenvalue weighted by atomic mass is 32.1. The molecule has 0 saturated carbocycles. The van der Waals surface area contributed by atoms with Crippen molar-refractivity contribution in [2.75, 3.05) is 11.9 Å². The number of benzene rings is 2. The second kappa shape index (κ2) is 8.33. The van der Waals surface area contributed by atoms with Crippen molar-refractivity contribution >= 4 is 39.1 Å². The van der Waals surface area contributed by atoms with E-state index in [4.69, 9.17) is 0 Å². The van der Waals surface area contributed by atoms with Crippen molar-refractivity contribution in [2.24, 2.45) is 5.92 Å². The predicted octanol–water partition coefficient (Wildman–Crippen LogP) is 4.41. The van der Waals surface area contributed by atoms with Crippen LogP contribution in [0.5, 0.6) is 0 Å². The molecule has 0 saturated heterocycles. The Morgan fingerprint density at radius 3 is 2.79 bits per heavy atom. The van der Waals surface area contributed by atoms with Crippen LogP contribution in [-0.4, -0.2) is 28.2 Å². The van der Waals surface area contributed by atoms with E-state index >= 15 is 0 Å². The molecule has 1 aliphatic heterocycles. The van der Waals surface area contributed by atoms with Gasteiger partial charge in [-0.2, -0.15) is 0 Å². The van der Waals surface area contributed by atoms with E-state index in [2.05, 4.69) is 36.3 Å². The van der Waals surface area contributed by atoms with Crippen molar-refractivity contribution in [3.05, 3.63) is 58.6 Å². The Kier molecular flexibility index (Phi) is 5.62. The number of hydrogen-bond acceptors (Lipinski definition) is 4. The average Bonchev–Trinajstić information content (AvgIpc) is 3.09. The fourth-order valence-electron chi connectivity index (χ4n) is 3.72. The van der Waals surface area contributed by atoms with Gasteiger partial charge in [0, 0.05) is 24.3 Å². The number of hydrogen-bond donors (Lipinski definition) is 1. The maximum absolute atomic E-state index is 12.6. The Hall–Kier alpha value is -2.73. The molecule has 29 heavy (non-hydrogen) atoms. The molecule has 0 bridgehead atoms. The van der Waals surface area contributed by atoms with Crippen LogP contribution in [0.15, 0.2) is 42.5 Å². The van der Waals surface area contributed by atoms with E-state index in [0.717, 1.165) is 33.3 Å². The minimum Gasteiger partial charge on any atom is -0.337 e. The van der Waals surface area contributed by atoms with Crippen LogP contribution in [0.25, 0.3) is 10.8 Å². The molecule has 1 aliphatic rings. The summed E-state index contributed by atoms with van der Waals surface area (Å²) in [4.78, 5) is 32.6. The van der Waals surface area contributed by atoms with Gasteiger partial charge in [0.1, 0.15) is 0 Å². The molecule has 3 aromatic rings. The summed E-state index contributed by atoms with van der Waals surface area (Å²) >= 11 is 1.48. The van der Waals surface area contributed by atoms with E-state index in [1.54, 1.807) is 0 Å².